The Bertz CT molecular complexity index is 1470. The van der Waals surface area contributed by atoms with Gasteiger partial charge < -0.3 is 9.72 Å². The number of hydrogen-bond acceptors (Lipinski definition) is 7. The topological polar surface area (TPSA) is 106 Å². The van der Waals surface area contributed by atoms with Gasteiger partial charge in [-0.25, -0.2) is 4.68 Å². The van der Waals surface area contributed by atoms with Crippen molar-refractivity contribution in [3.05, 3.63) is 87.0 Å². The number of aryl methyl sites for hydroxylation is 4. The maximum Gasteiger partial charge on any atom is 0.309 e. The molecule has 0 bridgehead atoms. The number of likely N-dealkylation sites (tertiary alicyclic amines) is 1. The van der Waals surface area contributed by atoms with Gasteiger partial charge in [0.1, 0.15) is 6.04 Å². The first-order valence-corrected chi connectivity index (χ1v) is 13.3. The standard InChI is InChI=1S/C29H34N6O3/c1-4-38-29(37)22-11-13-34(14-12-22)26(24-18-23-20(3)16-19(2)17-25(23)30-28(24)36)27-31-32-33-35(27)15-10-21-8-6-5-7-9-21/h5-9,16-18,22,26H,4,10-15H2,1-3H3,(H,30,36). The Hall–Kier alpha value is -3.85. The van der Waals surface area contributed by atoms with E-state index in [-0.39, 0.29) is 17.4 Å². The smallest absolute Gasteiger partial charge is 0.309 e. The number of aromatic amines is 1. The molecule has 1 atom stereocenters. The second kappa shape index (κ2) is 11.3. The monoisotopic (exact) mass is 514 g/mol. The summed E-state index contributed by atoms with van der Waals surface area (Å²) in [6, 6.07) is 15.9. The van der Waals surface area contributed by atoms with Crippen LogP contribution in [0.5, 0.6) is 0 Å². The van der Waals surface area contributed by atoms with Gasteiger partial charge in [-0.15, -0.1) is 5.10 Å². The highest BCUT2D eigenvalue weighted by Crippen LogP contribution is 2.32. The molecule has 5 rings (SSSR count). The van der Waals surface area contributed by atoms with Gasteiger partial charge in [-0.1, -0.05) is 36.4 Å². The molecule has 0 spiro atoms. The van der Waals surface area contributed by atoms with E-state index in [2.05, 4.69) is 50.5 Å². The summed E-state index contributed by atoms with van der Waals surface area (Å²) in [5.41, 5.74) is 4.66. The third-order valence-electron chi connectivity index (χ3n) is 7.41. The minimum absolute atomic E-state index is 0.138. The van der Waals surface area contributed by atoms with Crippen LogP contribution < -0.4 is 5.56 Å². The van der Waals surface area contributed by atoms with Crippen LogP contribution in [0.1, 0.15) is 53.9 Å². The average molecular weight is 515 g/mol. The van der Waals surface area contributed by atoms with Crippen molar-refractivity contribution in [3.8, 4) is 0 Å². The van der Waals surface area contributed by atoms with Crippen LogP contribution >= 0.6 is 0 Å². The normalized spacial score (nSPS) is 15.6. The molecule has 0 radical (unpaired) electrons. The van der Waals surface area contributed by atoms with E-state index in [4.69, 9.17) is 4.74 Å². The van der Waals surface area contributed by atoms with Crippen molar-refractivity contribution in [2.24, 2.45) is 5.92 Å². The maximum atomic E-state index is 13.5. The van der Waals surface area contributed by atoms with Gasteiger partial charge in [0, 0.05) is 36.1 Å². The number of esters is 1. The number of fused-ring (bicyclic) bond motifs is 1. The van der Waals surface area contributed by atoms with E-state index in [9.17, 15) is 9.59 Å². The molecule has 1 N–H and O–H groups in total. The molecule has 0 amide bonds. The molecule has 1 unspecified atom stereocenters. The first-order valence-electron chi connectivity index (χ1n) is 13.3. The molecule has 2 aromatic carbocycles. The van der Waals surface area contributed by atoms with E-state index in [1.807, 2.05) is 44.2 Å². The first-order chi connectivity index (χ1) is 18.4. The van der Waals surface area contributed by atoms with Crippen molar-refractivity contribution in [2.75, 3.05) is 19.7 Å². The molecule has 0 aliphatic carbocycles. The van der Waals surface area contributed by atoms with E-state index in [1.54, 1.807) is 4.68 Å². The molecule has 38 heavy (non-hydrogen) atoms. The number of hydrogen-bond donors (Lipinski definition) is 1. The van der Waals surface area contributed by atoms with Crippen LogP contribution in [0.25, 0.3) is 10.9 Å². The minimum Gasteiger partial charge on any atom is -0.466 e. The fraction of sp³-hybridized carbons (Fsp3) is 0.414. The number of nitrogens with one attached hydrogen (secondary N) is 1. The van der Waals surface area contributed by atoms with Crippen LogP contribution in [0, 0.1) is 19.8 Å². The Morgan fingerprint density at radius 3 is 2.63 bits per heavy atom. The molecule has 1 aliphatic heterocycles. The first kappa shape index (κ1) is 25.8. The molecule has 1 saturated heterocycles. The summed E-state index contributed by atoms with van der Waals surface area (Å²) in [6.45, 7) is 8.13. The van der Waals surface area contributed by atoms with Gasteiger partial charge >= 0.3 is 5.97 Å². The fourth-order valence-corrected chi connectivity index (χ4v) is 5.49. The molecule has 3 heterocycles. The number of carbonyl (C=O) groups excluding carboxylic acids is 1. The van der Waals surface area contributed by atoms with Gasteiger partial charge in [0.05, 0.1) is 12.5 Å². The van der Waals surface area contributed by atoms with E-state index in [0.29, 0.717) is 50.5 Å². The Kier molecular flexibility index (Phi) is 7.64. The van der Waals surface area contributed by atoms with Crippen molar-refractivity contribution >= 4 is 16.9 Å². The van der Waals surface area contributed by atoms with Crippen molar-refractivity contribution in [1.29, 1.82) is 0 Å². The fourth-order valence-electron chi connectivity index (χ4n) is 5.49. The molecule has 9 heteroatoms. The number of rotatable bonds is 8. The lowest BCUT2D eigenvalue weighted by atomic mass is 9.93. The number of aromatic nitrogens is 5. The van der Waals surface area contributed by atoms with Gasteiger partial charge in [0.2, 0.25) is 0 Å². The second-order valence-corrected chi connectivity index (χ2v) is 10.1. The zero-order valence-electron chi connectivity index (χ0n) is 22.2. The third kappa shape index (κ3) is 5.38. The SMILES string of the molecule is CCOC(=O)C1CCN(C(c2cc3c(C)cc(C)cc3[nH]c2=O)c2nnnn2CCc2ccccc2)CC1. The summed E-state index contributed by atoms with van der Waals surface area (Å²) in [5, 5.41) is 13.8. The summed E-state index contributed by atoms with van der Waals surface area (Å²) in [6.07, 6.45) is 2.08. The molecule has 4 aromatic rings. The highest BCUT2D eigenvalue weighted by atomic mass is 16.5. The Morgan fingerprint density at radius 2 is 1.89 bits per heavy atom. The van der Waals surface area contributed by atoms with E-state index >= 15 is 0 Å². The molecule has 1 fully saturated rings. The van der Waals surface area contributed by atoms with E-state index < -0.39 is 6.04 Å². The lowest BCUT2D eigenvalue weighted by molar-refractivity contribution is -0.149. The van der Waals surface area contributed by atoms with Crippen molar-refractivity contribution in [3.63, 3.8) is 0 Å². The van der Waals surface area contributed by atoms with Crippen LogP contribution in [0.3, 0.4) is 0 Å². The van der Waals surface area contributed by atoms with E-state index in [1.165, 1.54) is 5.56 Å². The van der Waals surface area contributed by atoms with Gasteiger partial charge in [-0.05, 0) is 79.3 Å². The molecule has 2 aromatic heterocycles. The Morgan fingerprint density at radius 1 is 1.13 bits per heavy atom. The number of carbonyl (C=O) groups is 1. The minimum atomic E-state index is -0.447. The number of nitrogens with zero attached hydrogens (tertiary/aromatic N) is 5. The van der Waals surface area contributed by atoms with Crippen LogP contribution in [0.15, 0.2) is 53.3 Å². The number of tetrazole rings is 1. The lowest BCUT2D eigenvalue weighted by Gasteiger charge is -2.36. The number of benzene rings is 2. The molecule has 0 saturated carbocycles. The van der Waals surface area contributed by atoms with Crippen molar-refractivity contribution in [1.82, 2.24) is 30.1 Å². The van der Waals surface area contributed by atoms with Gasteiger partial charge in [0.25, 0.3) is 5.56 Å². The quantitative estimate of drug-likeness (QED) is 0.357. The van der Waals surface area contributed by atoms with Gasteiger partial charge in [-0.3, -0.25) is 14.5 Å². The molecule has 198 valence electrons. The summed E-state index contributed by atoms with van der Waals surface area (Å²) in [5.74, 6) is 0.345. The van der Waals surface area contributed by atoms with E-state index in [0.717, 1.165) is 28.5 Å². The number of pyridine rings is 1. The summed E-state index contributed by atoms with van der Waals surface area (Å²) in [4.78, 5) is 31.3. The zero-order valence-corrected chi connectivity index (χ0v) is 22.2. The second-order valence-electron chi connectivity index (χ2n) is 10.1. The maximum absolute atomic E-state index is 13.5. The molecular formula is C29H34N6O3. The largest absolute Gasteiger partial charge is 0.466 e. The van der Waals surface area contributed by atoms with Crippen molar-refractivity contribution < 1.29 is 9.53 Å². The zero-order chi connectivity index (χ0) is 26.6. The summed E-state index contributed by atoms with van der Waals surface area (Å²) >= 11 is 0. The highest BCUT2D eigenvalue weighted by molar-refractivity contribution is 5.83. The Labute approximate surface area is 221 Å². The van der Waals surface area contributed by atoms with Gasteiger partial charge in [-0.2, -0.15) is 0 Å². The molecular weight excluding hydrogens is 480 g/mol. The van der Waals surface area contributed by atoms with Crippen LogP contribution in [-0.2, 0) is 22.5 Å². The van der Waals surface area contributed by atoms with Crippen LogP contribution in [-0.4, -0.2) is 55.8 Å². The average Bonchev–Trinajstić information content (AvgIpc) is 3.37. The number of piperidine rings is 1. The van der Waals surface area contributed by atoms with Crippen molar-refractivity contribution in [2.45, 2.75) is 52.6 Å². The predicted octanol–water partition coefficient (Wildman–Crippen LogP) is 3.74. The Balaban J connectivity index is 1.52. The van der Waals surface area contributed by atoms with Gasteiger partial charge in [0.15, 0.2) is 5.82 Å². The van der Waals surface area contributed by atoms with Crippen LogP contribution in [0.4, 0.5) is 0 Å². The predicted molar refractivity (Wildman–Crippen MR) is 145 cm³/mol. The summed E-state index contributed by atoms with van der Waals surface area (Å²) in [7, 11) is 0. The lowest BCUT2D eigenvalue weighted by Crippen LogP contribution is -2.42. The number of ether oxygens (including phenoxy) is 1. The van der Waals surface area contributed by atoms with Crippen LogP contribution in [0.2, 0.25) is 0 Å². The highest BCUT2D eigenvalue weighted by Gasteiger charge is 2.35. The number of H-pyrrole nitrogens is 1. The molecule has 1 aliphatic rings. The summed E-state index contributed by atoms with van der Waals surface area (Å²) < 4.78 is 7.07. The molecule has 9 nitrogen and oxygen atoms in total. The third-order valence-corrected chi connectivity index (χ3v) is 7.41.